The van der Waals surface area contributed by atoms with Crippen molar-refractivity contribution in [3.05, 3.63) is 0 Å². The molecule has 0 rings (SSSR count). The molecule has 4 nitrogen and oxygen atoms in total. The molecule has 3 N–H and O–H groups in total. The number of hydrogen-bond donors (Lipinski definition) is 3. The van der Waals surface area contributed by atoms with Gasteiger partial charge in [-0.25, -0.2) is 0 Å². The van der Waals surface area contributed by atoms with Crippen LogP contribution in [0.25, 0.3) is 0 Å². The number of methoxy groups -OCH3 is 1. The number of hydrogen-bond acceptors (Lipinski definition) is 4. The van der Waals surface area contributed by atoms with Gasteiger partial charge >= 0.3 is 0 Å². The molecular weight excluding hydrogens is 158 g/mol. The molecule has 0 bridgehead atoms. The van der Waals surface area contributed by atoms with Gasteiger partial charge in [0.1, 0.15) is 0 Å². The van der Waals surface area contributed by atoms with Crippen LogP contribution in [-0.4, -0.2) is 49.7 Å². The van der Waals surface area contributed by atoms with Gasteiger partial charge in [0.15, 0.2) is 0 Å². The maximum absolute atomic E-state index is 8.82. The summed E-state index contributed by atoms with van der Waals surface area (Å²) in [5.74, 6) is 0. The monoisotopic (exact) mass is 177 g/mol. The van der Waals surface area contributed by atoms with Crippen LogP contribution in [0.5, 0.6) is 0 Å². The Morgan fingerprint density at radius 1 is 1.33 bits per heavy atom. The third-order valence-electron chi connectivity index (χ3n) is 1.61. The molecule has 0 aromatic carbocycles. The van der Waals surface area contributed by atoms with Gasteiger partial charge in [-0.3, -0.25) is 0 Å². The van der Waals surface area contributed by atoms with Gasteiger partial charge in [-0.2, -0.15) is 0 Å². The first-order valence-electron chi connectivity index (χ1n) is 4.29. The highest BCUT2D eigenvalue weighted by atomic mass is 16.5. The number of nitrogens with one attached hydrogen (secondary N) is 1. The van der Waals surface area contributed by atoms with Gasteiger partial charge in [0.2, 0.25) is 0 Å². The molecule has 12 heavy (non-hydrogen) atoms. The molecule has 0 aromatic rings. The summed E-state index contributed by atoms with van der Waals surface area (Å²) in [5, 5.41) is 20.4. The first kappa shape index (κ1) is 11.8. The summed E-state index contributed by atoms with van der Waals surface area (Å²) in [4.78, 5) is 0. The average Bonchev–Trinajstić information content (AvgIpc) is 2.10. The fraction of sp³-hybridized carbons (Fsp3) is 1.00. The highest BCUT2D eigenvalue weighted by Gasteiger charge is 2.03. The summed E-state index contributed by atoms with van der Waals surface area (Å²) in [6.45, 7) is 1.66. The molecule has 0 amide bonds. The van der Waals surface area contributed by atoms with Gasteiger partial charge in [0.05, 0.1) is 19.3 Å². The summed E-state index contributed by atoms with van der Waals surface area (Å²) in [5.41, 5.74) is 0. The predicted octanol–water partition coefficient (Wildman–Crippen LogP) is -0.644. The lowest BCUT2D eigenvalue weighted by Crippen LogP contribution is -2.37. The summed E-state index contributed by atoms with van der Waals surface area (Å²) >= 11 is 0. The van der Waals surface area contributed by atoms with Crippen molar-refractivity contribution in [1.29, 1.82) is 0 Å². The first-order valence-corrected chi connectivity index (χ1v) is 4.29. The van der Waals surface area contributed by atoms with Crippen LogP contribution in [0.4, 0.5) is 0 Å². The predicted molar refractivity (Wildman–Crippen MR) is 47.1 cm³/mol. The highest BCUT2D eigenvalue weighted by molar-refractivity contribution is 4.63. The highest BCUT2D eigenvalue weighted by Crippen LogP contribution is 1.87. The van der Waals surface area contributed by atoms with Gasteiger partial charge in [0.25, 0.3) is 0 Å². The van der Waals surface area contributed by atoms with E-state index in [9.17, 15) is 0 Å². The third kappa shape index (κ3) is 6.54. The zero-order chi connectivity index (χ0) is 9.23. The molecular formula is C8H19NO3. The van der Waals surface area contributed by atoms with E-state index in [1.807, 2.05) is 0 Å². The second kappa shape index (κ2) is 8.93. The molecule has 0 saturated carbocycles. The Labute approximate surface area is 73.5 Å². The van der Waals surface area contributed by atoms with Gasteiger partial charge in [0, 0.05) is 13.7 Å². The lowest BCUT2D eigenvalue weighted by molar-refractivity contribution is 0.128. The van der Waals surface area contributed by atoms with E-state index in [2.05, 4.69) is 5.32 Å². The standard InChI is InChI=1S/C8H19NO3/c1-12-7-8(6-11)9-4-2-3-5-10/h8-11H,2-7H2,1H3. The number of unbranched alkanes of at least 4 members (excludes halogenated alkanes) is 1. The van der Waals surface area contributed by atoms with Crippen LogP contribution in [0, 0.1) is 0 Å². The van der Waals surface area contributed by atoms with E-state index >= 15 is 0 Å². The molecule has 1 atom stereocenters. The molecule has 0 heterocycles. The number of aliphatic hydroxyl groups is 2. The van der Waals surface area contributed by atoms with E-state index < -0.39 is 0 Å². The van der Waals surface area contributed by atoms with Crippen molar-refractivity contribution in [3.8, 4) is 0 Å². The smallest absolute Gasteiger partial charge is 0.0638 e. The van der Waals surface area contributed by atoms with Crippen LogP contribution in [0.1, 0.15) is 12.8 Å². The quantitative estimate of drug-likeness (QED) is 0.431. The van der Waals surface area contributed by atoms with Crippen LogP contribution in [0.15, 0.2) is 0 Å². The van der Waals surface area contributed by atoms with Crippen LogP contribution in [-0.2, 0) is 4.74 Å². The van der Waals surface area contributed by atoms with E-state index in [1.165, 1.54) is 0 Å². The van der Waals surface area contributed by atoms with E-state index in [0.717, 1.165) is 19.4 Å². The topological polar surface area (TPSA) is 61.7 Å². The Kier molecular flexibility index (Phi) is 8.81. The lowest BCUT2D eigenvalue weighted by Gasteiger charge is -2.14. The van der Waals surface area contributed by atoms with E-state index in [0.29, 0.717) is 6.61 Å². The summed E-state index contributed by atoms with van der Waals surface area (Å²) in [7, 11) is 1.61. The Morgan fingerprint density at radius 3 is 2.58 bits per heavy atom. The van der Waals surface area contributed by atoms with Crippen molar-refractivity contribution < 1.29 is 14.9 Å². The van der Waals surface area contributed by atoms with Crippen LogP contribution >= 0.6 is 0 Å². The molecule has 0 fully saturated rings. The van der Waals surface area contributed by atoms with Crippen molar-refractivity contribution in [2.24, 2.45) is 0 Å². The summed E-state index contributed by atoms with van der Waals surface area (Å²) < 4.78 is 4.88. The molecule has 0 aliphatic carbocycles. The van der Waals surface area contributed by atoms with Crippen molar-refractivity contribution in [2.75, 3.05) is 33.5 Å². The molecule has 74 valence electrons. The molecule has 0 aliphatic rings. The molecule has 0 radical (unpaired) electrons. The molecule has 0 saturated heterocycles. The van der Waals surface area contributed by atoms with E-state index in [-0.39, 0.29) is 19.3 Å². The third-order valence-corrected chi connectivity index (χ3v) is 1.61. The van der Waals surface area contributed by atoms with Gasteiger partial charge in [-0.1, -0.05) is 0 Å². The minimum absolute atomic E-state index is 0.0219. The fourth-order valence-electron chi connectivity index (χ4n) is 0.920. The van der Waals surface area contributed by atoms with Crippen molar-refractivity contribution >= 4 is 0 Å². The SMILES string of the molecule is COCC(CO)NCCCCO. The Balaban J connectivity index is 3.19. The maximum Gasteiger partial charge on any atom is 0.0638 e. The summed E-state index contributed by atoms with van der Waals surface area (Å²) in [6, 6.07) is 0.0219. The van der Waals surface area contributed by atoms with Crippen LogP contribution < -0.4 is 5.32 Å². The largest absolute Gasteiger partial charge is 0.396 e. The van der Waals surface area contributed by atoms with Gasteiger partial charge in [-0.05, 0) is 19.4 Å². The lowest BCUT2D eigenvalue weighted by atomic mass is 10.3. The molecule has 0 aromatic heterocycles. The minimum atomic E-state index is 0.0219. The minimum Gasteiger partial charge on any atom is -0.396 e. The first-order chi connectivity index (χ1) is 5.85. The van der Waals surface area contributed by atoms with Crippen molar-refractivity contribution in [3.63, 3.8) is 0 Å². The summed E-state index contributed by atoms with van der Waals surface area (Å²) in [6.07, 6.45) is 1.73. The van der Waals surface area contributed by atoms with Crippen molar-refractivity contribution in [2.45, 2.75) is 18.9 Å². The number of aliphatic hydroxyl groups excluding tert-OH is 2. The van der Waals surface area contributed by atoms with Gasteiger partial charge < -0.3 is 20.3 Å². The zero-order valence-electron chi connectivity index (χ0n) is 7.62. The number of ether oxygens (including phenoxy) is 1. The normalized spacial score (nSPS) is 13.2. The van der Waals surface area contributed by atoms with Crippen LogP contribution in [0.3, 0.4) is 0 Å². The molecule has 0 spiro atoms. The Bertz CT molecular complexity index is 90.4. The zero-order valence-corrected chi connectivity index (χ0v) is 7.62. The Morgan fingerprint density at radius 2 is 2.08 bits per heavy atom. The fourth-order valence-corrected chi connectivity index (χ4v) is 0.920. The Hall–Kier alpha value is -0.160. The number of rotatable bonds is 8. The van der Waals surface area contributed by atoms with Crippen molar-refractivity contribution in [1.82, 2.24) is 5.32 Å². The molecule has 1 unspecified atom stereocenters. The second-order valence-electron chi connectivity index (χ2n) is 2.72. The molecule has 4 heteroatoms. The maximum atomic E-state index is 8.82. The second-order valence-corrected chi connectivity index (χ2v) is 2.72. The van der Waals surface area contributed by atoms with E-state index in [4.69, 9.17) is 14.9 Å². The average molecular weight is 177 g/mol. The van der Waals surface area contributed by atoms with E-state index in [1.54, 1.807) is 7.11 Å². The molecule has 0 aliphatic heterocycles. The van der Waals surface area contributed by atoms with Crippen LogP contribution in [0.2, 0.25) is 0 Å². The van der Waals surface area contributed by atoms with Gasteiger partial charge in [-0.15, -0.1) is 0 Å².